The summed E-state index contributed by atoms with van der Waals surface area (Å²) in [4.78, 5) is 34.9. The molecule has 2 aromatic rings. The van der Waals surface area contributed by atoms with Crippen molar-refractivity contribution < 1.29 is 32.2 Å². The Balaban J connectivity index is 1.61. The number of amides is 3. The molecule has 8 nitrogen and oxygen atoms in total. The van der Waals surface area contributed by atoms with Crippen molar-refractivity contribution in [3.63, 3.8) is 0 Å². The van der Waals surface area contributed by atoms with E-state index in [4.69, 9.17) is 21.1 Å². The van der Waals surface area contributed by atoms with Gasteiger partial charge in [-0.25, -0.2) is 19.7 Å². The SMILES string of the molecule is C[Si](C)(C)CCOCN1C(=O)CN(c2ncc(OCc3c(Cl)cccc3C(F)(F)F)cn2)C1=O. The van der Waals surface area contributed by atoms with E-state index >= 15 is 0 Å². The van der Waals surface area contributed by atoms with Gasteiger partial charge in [-0.2, -0.15) is 13.2 Å². The summed E-state index contributed by atoms with van der Waals surface area (Å²) >= 11 is 5.92. The lowest BCUT2D eigenvalue weighted by Gasteiger charge is -2.18. The van der Waals surface area contributed by atoms with Crippen molar-refractivity contribution in [3.05, 3.63) is 46.7 Å². The van der Waals surface area contributed by atoms with Gasteiger partial charge in [0.05, 0.1) is 18.0 Å². The summed E-state index contributed by atoms with van der Waals surface area (Å²) in [6.07, 6.45) is -2.18. The molecule has 1 saturated heterocycles. The zero-order valence-corrected chi connectivity index (χ0v) is 20.6. The third-order valence-corrected chi connectivity index (χ3v) is 6.99. The Hall–Kier alpha value is -2.70. The Morgan fingerprint density at radius 3 is 2.44 bits per heavy atom. The molecule has 0 atom stereocenters. The van der Waals surface area contributed by atoms with Crippen LogP contribution in [0.2, 0.25) is 30.7 Å². The predicted octanol–water partition coefficient (Wildman–Crippen LogP) is 4.81. The summed E-state index contributed by atoms with van der Waals surface area (Å²) in [5, 5.41) is -0.0827. The van der Waals surface area contributed by atoms with Crippen LogP contribution in [-0.4, -0.2) is 54.8 Å². The van der Waals surface area contributed by atoms with Gasteiger partial charge in [0, 0.05) is 25.3 Å². The second-order valence-electron chi connectivity index (χ2n) is 8.81. The molecule has 13 heteroatoms. The van der Waals surface area contributed by atoms with E-state index in [0.717, 1.165) is 21.9 Å². The fourth-order valence-electron chi connectivity index (χ4n) is 3.01. The molecule has 0 saturated carbocycles. The highest BCUT2D eigenvalue weighted by Gasteiger charge is 2.38. The zero-order valence-electron chi connectivity index (χ0n) is 18.9. The maximum absolute atomic E-state index is 13.2. The van der Waals surface area contributed by atoms with Crippen LogP contribution in [0.1, 0.15) is 11.1 Å². The number of carbonyl (C=O) groups excluding carboxylic acids is 2. The number of benzene rings is 1. The van der Waals surface area contributed by atoms with Gasteiger partial charge in [0.1, 0.15) is 19.9 Å². The molecule has 34 heavy (non-hydrogen) atoms. The summed E-state index contributed by atoms with van der Waals surface area (Å²) in [5.41, 5.74) is -1.11. The summed E-state index contributed by atoms with van der Waals surface area (Å²) in [6.45, 7) is 6.18. The number of nitrogens with zero attached hydrogens (tertiary/aromatic N) is 4. The highest BCUT2D eigenvalue weighted by atomic mass is 35.5. The number of imide groups is 1. The van der Waals surface area contributed by atoms with Gasteiger partial charge in [0.2, 0.25) is 5.95 Å². The Bertz CT molecular complexity index is 1050. The third kappa shape index (κ3) is 6.45. The summed E-state index contributed by atoms with van der Waals surface area (Å²) < 4.78 is 50.5. The van der Waals surface area contributed by atoms with Crippen molar-refractivity contribution in [2.45, 2.75) is 38.5 Å². The standard InChI is InChI=1S/C21H24ClF3N4O4Si/c1-34(2,3)8-7-32-13-29-18(30)11-28(20(29)31)19-26-9-14(10-27-19)33-12-15-16(21(23,24)25)5-4-6-17(15)22/h4-6,9-10H,7-8,11-13H2,1-3H3. The number of alkyl halides is 3. The minimum absolute atomic E-state index is 0.0379. The number of ether oxygens (including phenoxy) is 2. The highest BCUT2D eigenvalue weighted by Crippen LogP contribution is 2.35. The second-order valence-corrected chi connectivity index (χ2v) is 14.8. The lowest BCUT2D eigenvalue weighted by atomic mass is 10.1. The monoisotopic (exact) mass is 516 g/mol. The van der Waals surface area contributed by atoms with Crippen molar-refractivity contribution in [2.24, 2.45) is 0 Å². The molecule has 1 fully saturated rings. The number of hydrogen-bond acceptors (Lipinski definition) is 6. The molecule has 0 aliphatic carbocycles. The van der Waals surface area contributed by atoms with Gasteiger partial charge < -0.3 is 9.47 Å². The Labute approximate surface area is 200 Å². The molecule has 184 valence electrons. The molecule has 0 spiro atoms. The van der Waals surface area contributed by atoms with Crippen LogP contribution in [-0.2, 0) is 22.3 Å². The maximum atomic E-state index is 13.2. The summed E-state index contributed by atoms with van der Waals surface area (Å²) in [6, 6.07) is 3.75. The van der Waals surface area contributed by atoms with E-state index in [9.17, 15) is 22.8 Å². The van der Waals surface area contributed by atoms with Gasteiger partial charge in [-0.15, -0.1) is 0 Å². The summed E-state index contributed by atoms with van der Waals surface area (Å²) in [5.74, 6) is -0.411. The molecule has 0 radical (unpaired) electrons. The fraction of sp³-hybridized carbons (Fsp3) is 0.429. The topological polar surface area (TPSA) is 84.9 Å². The molecule has 0 bridgehead atoms. The first-order valence-corrected chi connectivity index (χ1v) is 14.4. The van der Waals surface area contributed by atoms with Gasteiger partial charge in [0.25, 0.3) is 5.91 Å². The van der Waals surface area contributed by atoms with Gasteiger partial charge in [-0.1, -0.05) is 37.3 Å². The highest BCUT2D eigenvalue weighted by molar-refractivity contribution is 6.76. The van der Waals surface area contributed by atoms with Gasteiger partial charge in [-0.05, 0) is 18.2 Å². The van der Waals surface area contributed by atoms with Crippen molar-refractivity contribution in [2.75, 3.05) is 24.8 Å². The summed E-state index contributed by atoms with van der Waals surface area (Å²) in [7, 11) is -1.30. The largest absolute Gasteiger partial charge is 0.486 e. The van der Waals surface area contributed by atoms with E-state index in [2.05, 4.69) is 29.6 Å². The van der Waals surface area contributed by atoms with Gasteiger partial charge in [-0.3, -0.25) is 9.69 Å². The van der Waals surface area contributed by atoms with E-state index in [1.165, 1.54) is 24.5 Å². The molecule has 1 aromatic heterocycles. The molecular formula is C21H24ClF3N4O4Si. The lowest BCUT2D eigenvalue weighted by molar-refractivity contribution is -0.138. The minimum atomic E-state index is -4.59. The molecule has 1 aliphatic rings. The number of anilines is 1. The maximum Gasteiger partial charge on any atom is 0.416 e. The number of aromatic nitrogens is 2. The number of halogens is 4. The smallest absolute Gasteiger partial charge is 0.416 e. The average molecular weight is 517 g/mol. The number of carbonyl (C=O) groups is 2. The van der Waals surface area contributed by atoms with Crippen LogP contribution in [0.25, 0.3) is 0 Å². The number of rotatable bonds is 9. The first-order chi connectivity index (χ1) is 15.9. The number of urea groups is 1. The fourth-order valence-corrected chi connectivity index (χ4v) is 3.99. The van der Waals surface area contributed by atoms with Crippen LogP contribution in [0, 0.1) is 0 Å². The van der Waals surface area contributed by atoms with Crippen molar-refractivity contribution in [3.8, 4) is 5.75 Å². The van der Waals surface area contributed by atoms with Gasteiger partial charge >= 0.3 is 12.2 Å². The molecule has 3 rings (SSSR count). The Morgan fingerprint density at radius 2 is 1.82 bits per heavy atom. The minimum Gasteiger partial charge on any atom is -0.486 e. The first kappa shape index (κ1) is 25.9. The molecular weight excluding hydrogens is 493 g/mol. The molecule has 0 N–H and O–H groups in total. The Kier molecular flexibility index (Phi) is 7.83. The van der Waals surface area contributed by atoms with E-state index in [1.54, 1.807) is 0 Å². The van der Waals surface area contributed by atoms with Crippen LogP contribution in [0.15, 0.2) is 30.6 Å². The molecule has 0 unspecified atom stereocenters. The van der Waals surface area contributed by atoms with E-state index in [1.807, 2.05) is 0 Å². The normalized spacial score (nSPS) is 14.8. The van der Waals surface area contributed by atoms with E-state index in [-0.39, 0.29) is 35.6 Å². The lowest BCUT2D eigenvalue weighted by Crippen LogP contribution is -2.36. The van der Waals surface area contributed by atoms with Crippen LogP contribution in [0.5, 0.6) is 5.75 Å². The number of hydrogen-bond donors (Lipinski definition) is 0. The second kappa shape index (κ2) is 10.3. The third-order valence-electron chi connectivity index (χ3n) is 4.94. The molecule has 2 heterocycles. The van der Waals surface area contributed by atoms with Crippen LogP contribution < -0.4 is 9.64 Å². The average Bonchev–Trinajstić information content (AvgIpc) is 3.03. The van der Waals surface area contributed by atoms with Gasteiger partial charge in [0.15, 0.2) is 5.75 Å². The van der Waals surface area contributed by atoms with Crippen LogP contribution in [0.4, 0.5) is 23.9 Å². The molecule has 3 amide bonds. The van der Waals surface area contributed by atoms with Crippen LogP contribution >= 0.6 is 11.6 Å². The van der Waals surface area contributed by atoms with Crippen LogP contribution in [0.3, 0.4) is 0 Å². The first-order valence-electron chi connectivity index (χ1n) is 10.4. The Morgan fingerprint density at radius 1 is 1.15 bits per heavy atom. The van der Waals surface area contributed by atoms with Crippen molar-refractivity contribution >= 4 is 37.6 Å². The van der Waals surface area contributed by atoms with Crippen molar-refractivity contribution in [1.29, 1.82) is 0 Å². The van der Waals surface area contributed by atoms with E-state index < -0.39 is 38.4 Å². The molecule has 1 aromatic carbocycles. The van der Waals surface area contributed by atoms with E-state index in [0.29, 0.717) is 6.61 Å². The quantitative estimate of drug-likeness (QED) is 0.270. The predicted molar refractivity (Wildman–Crippen MR) is 121 cm³/mol. The van der Waals surface area contributed by atoms with Crippen molar-refractivity contribution in [1.82, 2.24) is 14.9 Å². The molecule has 1 aliphatic heterocycles. The zero-order chi connectivity index (χ0) is 25.1.